The van der Waals surface area contributed by atoms with Crippen molar-refractivity contribution in [2.75, 3.05) is 0 Å². The first-order valence-corrected chi connectivity index (χ1v) is 9.14. The van der Waals surface area contributed by atoms with E-state index < -0.39 is 0 Å². The van der Waals surface area contributed by atoms with Crippen molar-refractivity contribution in [1.82, 2.24) is 9.97 Å². The predicted octanol–water partition coefficient (Wildman–Crippen LogP) is 6.52. The smallest absolute Gasteiger partial charge is 0.199 e. The molecule has 150 valence electrons. The Hall–Kier alpha value is -2.30. The highest BCUT2D eigenvalue weighted by Gasteiger charge is 2.18. The Morgan fingerprint density at radius 3 is 1.63 bits per heavy atom. The van der Waals surface area contributed by atoms with E-state index in [9.17, 15) is 0 Å². The Kier molecular flexibility index (Phi) is 7.64. The monoisotopic (exact) mass is 374 g/mol. The van der Waals surface area contributed by atoms with Gasteiger partial charge < -0.3 is 13.3 Å². The average Bonchev–Trinajstić information content (AvgIpc) is 3.28. The molecule has 0 saturated carbocycles. The van der Waals surface area contributed by atoms with Gasteiger partial charge in [0.05, 0.1) is 18.2 Å². The van der Waals surface area contributed by atoms with Crippen LogP contribution in [0, 0.1) is 0 Å². The van der Waals surface area contributed by atoms with Gasteiger partial charge >= 0.3 is 0 Å². The Bertz CT molecular complexity index is 616. The summed E-state index contributed by atoms with van der Waals surface area (Å²) >= 11 is 0. The van der Waals surface area contributed by atoms with Gasteiger partial charge in [-0.1, -0.05) is 62.3 Å². The zero-order chi connectivity index (χ0) is 20.7. The highest BCUT2D eigenvalue weighted by Crippen LogP contribution is 2.21. The van der Waals surface area contributed by atoms with Crippen molar-refractivity contribution in [1.29, 1.82) is 0 Å². The lowest BCUT2D eigenvalue weighted by atomic mass is 9.93. The second kappa shape index (κ2) is 9.07. The number of nitrogens with zero attached hydrogens (tertiary/aromatic N) is 2. The first-order valence-electron chi connectivity index (χ1n) is 9.14. The van der Waals surface area contributed by atoms with E-state index in [0.717, 1.165) is 17.3 Å². The molecule has 5 heteroatoms. The molecule has 0 radical (unpaired) electrons. The number of aromatic nitrogens is 2. The molecule has 0 unspecified atom stereocenters. The third-order valence-electron chi connectivity index (χ3n) is 3.54. The molecule has 3 heterocycles. The molecule has 0 aliphatic heterocycles. The minimum Gasteiger partial charge on any atom is -0.469 e. The molecule has 0 saturated heterocycles. The minimum absolute atomic E-state index is 0.0451. The Morgan fingerprint density at radius 1 is 0.741 bits per heavy atom. The van der Waals surface area contributed by atoms with Gasteiger partial charge in [0.25, 0.3) is 0 Å². The maximum atomic E-state index is 5.20. The second-order valence-corrected chi connectivity index (χ2v) is 9.44. The van der Waals surface area contributed by atoms with Crippen LogP contribution < -0.4 is 0 Å². The standard InChI is InChI=1S/C8H12O.2C7H11NO/c1-8(2,3)7-5-4-6-9-7;1-7(2,3)6-4-9-5-8-6;1-7(2,3)6-8-4-5-9-6/h4-6H,1-3H3;2*4-5H,1-3H3. The molecule has 3 aromatic rings. The van der Waals surface area contributed by atoms with Crippen LogP contribution in [0.2, 0.25) is 0 Å². The lowest BCUT2D eigenvalue weighted by Gasteiger charge is -2.13. The molecule has 5 nitrogen and oxygen atoms in total. The van der Waals surface area contributed by atoms with Crippen molar-refractivity contribution >= 4 is 0 Å². The fraction of sp³-hybridized carbons (Fsp3) is 0.545. The van der Waals surface area contributed by atoms with E-state index in [1.54, 1.807) is 25.0 Å². The molecule has 0 N–H and O–H groups in total. The second-order valence-electron chi connectivity index (χ2n) is 9.44. The maximum absolute atomic E-state index is 5.20. The Balaban J connectivity index is 0.000000202. The summed E-state index contributed by atoms with van der Waals surface area (Å²) in [5.74, 6) is 1.84. The van der Waals surface area contributed by atoms with Crippen molar-refractivity contribution < 1.29 is 13.3 Å². The highest BCUT2D eigenvalue weighted by atomic mass is 16.3. The highest BCUT2D eigenvalue weighted by molar-refractivity contribution is 5.08. The number of hydrogen-bond donors (Lipinski definition) is 0. The van der Waals surface area contributed by atoms with Gasteiger partial charge in [0, 0.05) is 16.2 Å². The molecule has 0 spiro atoms. The Morgan fingerprint density at radius 2 is 1.41 bits per heavy atom. The van der Waals surface area contributed by atoms with E-state index in [-0.39, 0.29) is 16.2 Å². The largest absolute Gasteiger partial charge is 0.469 e. The summed E-state index contributed by atoms with van der Waals surface area (Å²) < 4.78 is 15.1. The number of rotatable bonds is 0. The molecule has 0 bridgehead atoms. The molecular weight excluding hydrogens is 340 g/mol. The quantitative estimate of drug-likeness (QED) is 0.448. The van der Waals surface area contributed by atoms with Gasteiger partial charge in [-0.15, -0.1) is 0 Å². The van der Waals surface area contributed by atoms with Crippen LogP contribution in [-0.2, 0) is 16.2 Å². The van der Waals surface area contributed by atoms with Gasteiger partial charge in [-0.05, 0) is 12.1 Å². The molecule has 0 aliphatic rings. The zero-order valence-electron chi connectivity index (χ0n) is 18.2. The lowest BCUT2D eigenvalue weighted by Crippen LogP contribution is -2.10. The predicted molar refractivity (Wildman–Crippen MR) is 108 cm³/mol. The summed E-state index contributed by atoms with van der Waals surface area (Å²) in [6.45, 7) is 18.9. The first kappa shape index (κ1) is 22.7. The zero-order valence-corrected chi connectivity index (χ0v) is 18.2. The van der Waals surface area contributed by atoms with E-state index in [2.05, 4.69) is 72.3 Å². The summed E-state index contributed by atoms with van der Waals surface area (Å²) in [5.41, 5.74) is 1.32. The summed E-state index contributed by atoms with van der Waals surface area (Å²) in [5, 5.41) is 0. The molecular formula is C22H34N2O3. The van der Waals surface area contributed by atoms with Crippen molar-refractivity contribution in [3.05, 3.63) is 60.9 Å². The fourth-order valence-corrected chi connectivity index (χ4v) is 1.88. The van der Waals surface area contributed by atoms with Crippen LogP contribution in [0.1, 0.15) is 79.7 Å². The fourth-order valence-electron chi connectivity index (χ4n) is 1.88. The first-order chi connectivity index (χ1) is 12.3. The summed E-state index contributed by atoms with van der Waals surface area (Å²) in [4.78, 5) is 8.04. The Labute approximate surface area is 163 Å². The number of oxazole rings is 2. The summed E-state index contributed by atoms with van der Waals surface area (Å²) in [6.07, 6.45) is 8.11. The van der Waals surface area contributed by atoms with Gasteiger partial charge in [0.1, 0.15) is 18.3 Å². The summed E-state index contributed by atoms with van der Waals surface area (Å²) in [6, 6.07) is 3.92. The average molecular weight is 375 g/mol. The van der Waals surface area contributed by atoms with Gasteiger partial charge in [0.15, 0.2) is 12.3 Å². The normalized spacial score (nSPS) is 11.9. The van der Waals surface area contributed by atoms with Crippen molar-refractivity contribution in [2.24, 2.45) is 0 Å². The van der Waals surface area contributed by atoms with Gasteiger partial charge in [-0.3, -0.25) is 0 Å². The third-order valence-corrected chi connectivity index (χ3v) is 3.54. The van der Waals surface area contributed by atoms with Gasteiger partial charge in [-0.25, -0.2) is 9.97 Å². The van der Waals surface area contributed by atoms with E-state index in [1.165, 1.54) is 6.39 Å². The van der Waals surface area contributed by atoms with Crippen LogP contribution in [0.25, 0.3) is 0 Å². The maximum Gasteiger partial charge on any atom is 0.199 e. The van der Waals surface area contributed by atoms with Crippen molar-refractivity contribution in [3.63, 3.8) is 0 Å². The minimum atomic E-state index is 0.0451. The van der Waals surface area contributed by atoms with E-state index >= 15 is 0 Å². The molecule has 0 aliphatic carbocycles. The van der Waals surface area contributed by atoms with Crippen LogP contribution in [0.15, 0.2) is 56.8 Å². The van der Waals surface area contributed by atoms with E-state index in [4.69, 9.17) is 13.3 Å². The van der Waals surface area contributed by atoms with Gasteiger partial charge in [0.2, 0.25) is 0 Å². The topological polar surface area (TPSA) is 65.2 Å². The molecule has 3 rings (SSSR count). The molecule has 3 aromatic heterocycles. The van der Waals surface area contributed by atoms with Gasteiger partial charge in [-0.2, -0.15) is 0 Å². The molecule has 0 atom stereocenters. The third kappa shape index (κ3) is 8.29. The molecule has 27 heavy (non-hydrogen) atoms. The van der Waals surface area contributed by atoms with Crippen LogP contribution in [0.4, 0.5) is 0 Å². The van der Waals surface area contributed by atoms with Crippen LogP contribution >= 0.6 is 0 Å². The SMILES string of the molecule is CC(C)(C)c1ccco1.CC(C)(C)c1cocn1.CC(C)(C)c1ncco1. The molecule has 0 aromatic carbocycles. The van der Waals surface area contributed by atoms with Crippen molar-refractivity contribution in [2.45, 2.75) is 78.6 Å². The van der Waals surface area contributed by atoms with E-state index in [0.29, 0.717) is 0 Å². The van der Waals surface area contributed by atoms with Crippen LogP contribution in [0.5, 0.6) is 0 Å². The number of furan rings is 1. The van der Waals surface area contributed by atoms with Crippen LogP contribution in [-0.4, -0.2) is 9.97 Å². The van der Waals surface area contributed by atoms with Crippen LogP contribution in [0.3, 0.4) is 0 Å². The summed E-state index contributed by atoms with van der Waals surface area (Å²) in [7, 11) is 0. The molecule has 0 amide bonds. The van der Waals surface area contributed by atoms with Crippen molar-refractivity contribution in [3.8, 4) is 0 Å². The number of hydrogen-bond acceptors (Lipinski definition) is 5. The van der Waals surface area contributed by atoms with E-state index in [1.807, 2.05) is 12.1 Å². The molecule has 0 fully saturated rings. The lowest BCUT2D eigenvalue weighted by molar-refractivity contribution is 0.392.